The Labute approximate surface area is 259 Å². The molecular formula is C37H42O7. The van der Waals surface area contributed by atoms with E-state index in [1.54, 1.807) is 0 Å². The Balaban J connectivity index is 1.43. The molecule has 0 aliphatic carbocycles. The molecule has 4 aromatic carbocycles. The molecule has 1 saturated heterocycles. The fourth-order valence-corrected chi connectivity index (χ4v) is 5.42. The lowest BCUT2D eigenvalue weighted by atomic mass is 9.91. The minimum absolute atomic E-state index is 0.168. The normalized spacial score (nSPS) is 22.5. The highest BCUT2D eigenvalue weighted by atomic mass is 16.6. The van der Waals surface area contributed by atoms with Gasteiger partial charge in [0.25, 0.3) is 0 Å². The number of hydrogen-bond donors (Lipinski definition) is 2. The fourth-order valence-electron chi connectivity index (χ4n) is 5.42. The van der Waals surface area contributed by atoms with Gasteiger partial charge in [-0.3, -0.25) is 0 Å². The minimum Gasteiger partial charge on any atom is -0.394 e. The first-order chi connectivity index (χ1) is 21.7. The van der Waals surface area contributed by atoms with Gasteiger partial charge in [-0.25, -0.2) is 0 Å². The molecule has 0 spiro atoms. The highest BCUT2D eigenvalue weighted by Crippen LogP contribution is 2.33. The summed E-state index contributed by atoms with van der Waals surface area (Å²) in [6.45, 7) is 1.30. The number of aliphatic hydroxyl groups is 2. The van der Waals surface area contributed by atoms with Gasteiger partial charge in [-0.15, -0.1) is 0 Å². The SMILES string of the molecule is OC[C@@H](O)C[C@@H]1O[C@H](COCc2ccccc2)[C@H](OCc2ccccc2)[C@H](OCc2ccccc2)[C@H]1OCc1ccccc1. The standard InChI is InChI=1S/C37H42O7/c38-22-32(39)21-33-35(41-24-29-15-7-2-8-16-29)37(43-26-31-19-11-4-12-20-31)36(42-25-30-17-9-3-10-18-30)34(44-33)27-40-23-28-13-5-1-6-14-28/h1-20,32-39H,21-27H2/t32-,33-,34+,35-,36-,37+/m0/s1. The molecule has 6 atom stereocenters. The Morgan fingerprint density at radius 3 is 1.34 bits per heavy atom. The summed E-state index contributed by atoms with van der Waals surface area (Å²) in [5.74, 6) is 0. The summed E-state index contributed by atoms with van der Waals surface area (Å²) < 4.78 is 32.7. The van der Waals surface area contributed by atoms with Crippen LogP contribution in [0.3, 0.4) is 0 Å². The third kappa shape index (κ3) is 9.55. The van der Waals surface area contributed by atoms with Crippen molar-refractivity contribution in [2.75, 3.05) is 13.2 Å². The van der Waals surface area contributed by atoms with E-state index in [1.807, 2.05) is 121 Å². The third-order valence-electron chi connectivity index (χ3n) is 7.69. The average molecular weight is 599 g/mol. The van der Waals surface area contributed by atoms with Crippen LogP contribution in [0.5, 0.6) is 0 Å². The van der Waals surface area contributed by atoms with Crippen LogP contribution < -0.4 is 0 Å². The van der Waals surface area contributed by atoms with E-state index < -0.39 is 36.6 Å². The van der Waals surface area contributed by atoms with Gasteiger partial charge in [0.1, 0.15) is 24.4 Å². The summed E-state index contributed by atoms with van der Waals surface area (Å²) in [5, 5.41) is 20.3. The molecule has 232 valence electrons. The maximum atomic E-state index is 10.5. The monoisotopic (exact) mass is 598 g/mol. The summed E-state index contributed by atoms with van der Waals surface area (Å²) in [5.41, 5.74) is 4.10. The van der Waals surface area contributed by atoms with Crippen LogP contribution in [0.15, 0.2) is 121 Å². The van der Waals surface area contributed by atoms with Crippen LogP contribution in [-0.2, 0) is 50.1 Å². The summed E-state index contributed by atoms with van der Waals surface area (Å²) in [6.07, 6.45) is -3.60. The van der Waals surface area contributed by atoms with Crippen molar-refractivity contribution in [1.29, 1.82) is 0 Å². The van der Waals surface area contributed by atoms with Crippen molar-refractivity contribution < 1.29 is 33.9 Å². The molecule has 1 fully saturated rings. The van der Waals surface area contributed by atoms with Crippen LogP contribution >= 0.6 is 0 Å². The van der Waals surface area contributed by atoms with E-state index >= 15 is 0 Å². The fraction of sp³-hybridized carbons (Fsp3) is 0.351. The predicted octanol–water partition coefficient (Wildman–Crippen LogP) is 5.47. The summed E-state index contributed by atoms with van der Waals surface area (Å²) in [7, 11) is 0. The van der Waals surface area contributed by atoms with E-state index in [2.05, 4.69) is 0 Å². The van der Waals surface area contributed by atoms with Gasteiger partial charge < -0.3 is 33.9 Å². The van der Waals surface area contributed by atoms with Crippen LogP contribution in [0, 0.1) is 0 Å². The summed E-state index contributed by atoms with van der Waals surface area (Å²) in [6, 6.07) is 39.9. The maximum Gasteiger partial charge on any atom is 0.115 e. The summed E-state index contributed by atoms with van der Waals surface area (Å²) in [4.78, 5) is 0. The molecule has 7 heteroatoms. The van der Waals surface area contributed by atoms with E-state index in [0.717, 1.165) is 22.3 Å². The van der Waals surface area contributed by atoms with Crippen LogP contribution in [0.2, 0.25) is 0 Å². The van der Waals surface area contributed by atoms with Crippen LogP contribution in [0.25, 0.3) is 0 Å². The van der Waals surface area contributed by atoms with Crippen molar-refractivity contribution in [3.8, 4) is 0 Å². The van der Waals surface area contributed by atoms with Gasteiger partial charge in [0.15, 0.2) is 0 Å². The first-order valence-corrected chi connectivity index (χ1v) is 15.2. The van der Waals surface area contributed by atoms with E-state index in [9.17, 15) is 10.2 Å². The number of rotatable bonds is 16. The van der Waals surface area contributed by atoms with E-state index in [4.69, 9.17) is 23.7 Å². The quantitative estimate of drug-likeness (QED) is 0.177. The molecule has 1 aliphatic heterocycles. The van der Waals surface area contributed by atoms with Crippen LogP contribution in [0.4, 0.5) is 0 Å². The number of ether oxygens (including phenoxy) is 5. The molecule has 44 heavy (non-hydrogen) atoms. The number of benzene rings is 4. The Morgan fingerprint density at radius 1 is 0.523 bits per heavy atom. The van der Waals surface area contributed by atoms with Crippen molar-refractivity contribution in [3.63, 3.8) is 0 Å². The topological polar surface area (TPSA) is 86.6 Å². The number of aliphatic hydroxyl groups excluding tert-OH is 2. The molecule has 4 aromatic rings. The predicted molar refractivity (Wildman–Crippen MR) is 168 cm³/mol. The molecule has 0 unspecified atom stereocenters. The molecule has 1 heterocycles. The zero-order valence-corrected chi connectivity index (χ0v) is 24.9. The van der Waals surface area contributed by atoms with Gasteiger partial charge in [-0.05, 0) is 22.3 Å². The second-order valence-corrected chi connectivity index (χ2v) is 11.1. The molecule has 0 bridgehead atoms. The summed E-state index contributed by atoms with van der Waals surface area (Å²) >= 11 is 0. The van der Waals surface area contributed by atoms with Gasteiger partial charge in [0.2, 0.25) is 0 Å². The highest BCUT2D eigenvalue weighted by molar-refractivity contribution is 5.16. The molecule has 7 nitrogen and oxygen atoms in total. The van der Waals surface area contributed by atoms with Crippen molar-refractivity contribution in [2.24, 2.45) is 0 Å². The Hall–Kier alpha value is -3.40. The first-order valence-electron chi connectivity index (χ1n) is 15.2. The first kappa shape index (κ1) is 32.0. The average Bonchev–Trinajstić information content (AvgIpc) is 3.08. The lowest BCUT2D eigenvalue weighted by molar-refractivity contribution is -0.276. The molecule has 5 rings (SSSR count). The molecule has 0 aromatic heterocycles. The van der Waals surface area contributed by atoms with Gasteiger partial charge in [-0.1, -0.05) is 121 Å². The zero-order valence-electron chi connectivity index (χ0n) is 24.9. The second-order valence-electron chi connectivity index (χ2n) is 11.1. The van der Waals surface area contributed by atoms with Crippen molar-refractivity contribution in [2.45, 2.75) is 69.5 Å². The third-order valence-corrected chi connectivity index (χ3v) is 7.69. The molecular weight excluding hydrogens is 556 g/mol. The van der Waals surface area contributed by atoms with Crippen LogP contribution in [-0.4, -0.2) is 60.1 Å². The van der Waals surface area contributed by atoms with E-state index in [-0.39, 0.29) is 19.6 Å². The molecule has 0 amide bonds. The van der Waals surface area contributed by atoms with Crippen molar-refractivity contribution in [3.05, 3.63) is 144 Å². The lowest BCUT2D eigenvalue weighted by Crippen LogP contribution is -2.61. The zero-order chi connectivity index (χ0) is 30.4. The van der Waals surface area contributed by atoms with Gasteiger partial charge in [0.05, 0.1) is 51.8 Å². The molecule has 0 radical (unpaired) electrons. The van der Waals surface area contributed by atoms with Crippen molar-refractivity contribution >= 4 is 0 Å². The van der Waals surface area contributed by atoms with Crippen molar-refractivity contribution in [1.82, 2.24) is 0 Å². The number of hydrogen-bond acceptors (Lipinski definition) is 7. The second kappa shape index (κ2) is 17.2. The maximum absolute atomic E-state index is 10.5. The minimum atomic E-state index is -0.981. The molecule has 2 N–H and O–H groups in total. The Morgan fingerprint density at radius 2 is 0.909 bits per heavy atom. The largest absolute Gasteiger partial charge is 0.394 e. The van der Waals surface area contributed by atoms with E-state index in [1.165, 1.54) is 0 Å². The van der Waals surface area contributed by atoms with E-state index in [0.29, 0.717) is 26.4 Å². The Bertz CT molecular complexity index is 1320. The highest BCUT2D eigenvalue weighted by Gasteiger charge is 2.48. The van der Waals surface area contributed by atoms with Crippen LogP contribution in [0.1, 0.15) is 28.7 Å². The Kier molecular flexibility index (Phi) is 12.5. The molecule has 0 saturated carbocycles. The lowest BCUT2D eigenvalue weighted by Gasteiger charge is -2.46. The smallest absolute Gasteiger partial charge is 0.115 e. The van der Waals surface area contributed by atoms with Gasteiger partial charge in [-0.2, -0.15) is 0 Å². The van der Waals surface area contributed by atoms with Gasteiger partial charge in [0, 0.05) is 6.42 Å². The van der Waals surface area contributed by atoms with Gasteiger partial charge >= 0.3 is 0 Å². The molecule has 1 aliphatic rings.